The SMILES string of the molecule is CCCC(=O)Nc1cccc(CNC(=O)CSc2nncn2C(C)C)c1. The van der Waals surface area contributed by atoms with Crippen LogP contribution in [0.2, 0.25) is 0 Å². The summed E-state index contributed by atoms with van der Waals surface area (Å²) in [6, 6.07) is 7.74. The van der Waals surface area contributed by atoms with Gasteiger partial charge in [0.05, 0.1) is 5.75 Å². The molecular formula is C18H25N5O2S. The molecule has 0 saturated heterocycles. The van der Waals surface area contributed by atoms with E-state index in [-0.39, 0.29) is 23.6 Å². The molecule has 8 heteroatoms. The third kappa shape index (κ3) is 6.18. The van der Waals surface area contributed by atoms with E-state index in [9.17, 15) is 9.59 Å². The maximum atomic E-state index is 12.1. The molecule has 26 heavy (non-hydrogen) atoms. The summed E-state index contributed by atoms with van der Waals surface area (Å²) in [5.41, 5.74) is 1.68. The number of hydrogen-bond donors (Lipinski definition) is 2. The first-order valence-electron chi connectivity index (χ1n) is 8.67. The van der Waals surface area contributed by atoms with Gasteiger partial charge in [0.2, 0.25) is 11.8 Å². The Balaban J connectivity index is 1.81. The number of carbonyl (C=O) groups excluding carboxylic acids is 2. The lowest BCUT2D eigenvalue weighted by Gasteiger charge is -2.10. The molecule has 0 bridgehead atoms. The minimum atomic E-state index is -0.0753. The van der Waals surface area contributed by atoms with Crippen molar-refractivity contribution in [2.75, 3.05) is 11.1 Å². The molecular weight excluding hydrogens is 350 g/mol. The van der Waals surface area contributed by atoms with E-state index in [1.54, 1.807) is 6.33 Å². The van der Waals surface area contributed by atoms with E-state index in [0.717, 1.165) is 22.8 Å². The minimum Gasteiger partial charge on any atom is -0.351 e. The summed E-state index contributed by atoms with van der Waals surface area (Å²) < 4.78 is 1.93. The Hall–Kier alpha value is -2.35. The highest BCUT2D eigenvalue weighted by atomic mass is 32.2. The number of nitrogens with one attached hydrogen (secondary N) is 2. The monoisotopic (exact) mass is 375 g/mol. The maximum absolute atomic E-state index is 12.1. The lowest BCUT2D eigenvalue weighted by molar-refractivity contribution is -0.119. The quantitative estimate of drug-likeness (QED) is 0.658. The van der Waals surface area contributed by atoms with Crippen molar-refractivity contribution in [3.63, 3.8) is 0 Å². The topological polar surface area (TPSA) is 88.9 Å². The standard InChI is InChI=1S/C18H25N5O2S/c1-4-6-16(24)21-15-8-5-7-14(9-15)10-19-17(25)11-26-18-22-20-12-23(18)13(2)3/h5,7-9,12-13H,4,6,10-11H2,1-3H3,(H,19,25)(H,21,24). The maximum Gasteiger partial charge on any atom is 0.230 e. The van der Waals surface area contributed by atoms with Crippen LogP contribution in [0.3, 0.4) is 0 Å². The molecule has 1 aromatic heterocycles. The van der Waals surface area contributed by atoms with Crippen molar-refractivity contribution in [1.29, 1.82) is 0 Å². The van der Waals surface area contributed by atoms with Crippen LogP contribution in [-0.4, -0.2) is 32.3 Å². The van der Waals surface area contributed by atoms with Crippen LogP contribution in [0.4, 0.5) is 5.69 Å². The zero-order valence-electron chi connectivity index (χ0n) is 15.4. The molecule has 2 amide bonds. The Morgan fingerprint density at radius 1 is 1.27 bits per heavy atom. The molecule has 1 aromatic carbocycles. The van der Waals surface area contributed by atoms with Crippen LogP contribution >= 0.6 is 11.8 Å². The summed E-state index contributed by atoms with van der Waals surface area (Å²) in [5, 5.41) is 14.4. The summed E-state index contributed by atoms with van der Waals surface area (Å²) in [5.74, 6) is 0.200. The number of thioether (sulfide) groups is 1. The molecule has 2 rings (SSSR count). The molecule has 0 unspecified atom stereocenters. The van der Waals surface area contributed by atoms with Crippen molar-refractivity contribution < 1.29 is 9.59 Å². The Morgan fingerprint density at radius 3 is 2.81 bits per heavy atom. The summed E-state index contributed by atoms with van der Waals surface area (Å²) >= 11 is 1.36. The van der Waals surface area contributed by atoms with Crippen molar-refractivity contribution in [3.8, 4) is 0 Å². The Kier molecular flexibility index (Phi) is 7.65. The number of carbonyl (C=O) groups is 2. The highest BCUT2D eigenvalue weighted by Gasteiger charge is 2.10. The molecule has 2 N–H and O–H groups in total. The first-order chi connectivity index (χ1) is 12.5. The molecule has 0 radical (unpaired) electrons. The van der Waals surface area contributed by atoms with Gasteiger partial charge in [0.1, 0.15) is 6.33 Å². The summed E-state index contributed by atoms with van der Waals surface area (Å²) in [6.07, 6.45) is 2.98. The van der Waals surface area contributed by atoms with E-state index in [1.807, 2.05) is 49.6 Å². The van der Waals surface area contributed by atoms with E-state index in [0.29, 0.717) is 13.0 Å². The van der Waals surface area contributed by atoms with Crippen molar-refractivity contribution in [3.05, 3.63) is 36.2 Å². The normalized spacial score (nSPS) is 10.8. The predicted octanol–water partition coefficient (Wildman–Crippen LogP) is 3.01. The van der Waals surface area contributed by atoms with Gasteiger partial charge in [-0.1, -0.05) is 30.8 Å². The van der Waals surface area contributed by atoms with E-state index in [4.69, 9.17) is 0 Å². The second-order valence-electron chi connectivity index (χ2n) is 6.18. The molecule has 140 valence electrons. The van der Waals surface area contributed by atoms with Crippen LogP contribution in [0.5, 0.6) is 0 Å². The third-order valence-corrected chi connectivity index (χ3v) is 4.56. The van der Waals surface area contributed by atoms with E-state index in [1.165, 1.54) is 11.8 Å². The molecule has 7 nitrogen and oxygen atoms in total. The Morgan fingerprint density at radius 2 is 2.08 bits per heavy atom. The summed E-state index contributed by atoms with van der Waals surface area (Å²) in [7, 11) is 0. The van der Waals surface area contributed by atoms with Gasteiger partial charge in [0.15, 0.2) is 5.16 Å². The molecule has 0 saturated carbocycles. The fraction of sp³-hybridized carbons (Fsp3) is 0.444. The predicted molar refractivity (Wildman–Crippen MR) is 103 cm³/mol. The number of rotatable bonds is 9. The molecule has 0 fully saturated rings. The zero-order valence-corrected chi connectivity index (χ0v) is 16.2. The summed E-state index contributed by atoms with van der Waals surface area (Å²) in [6.45, 7) is 6.46. The van der Waals surface area contributed by atoms with Gasteiger partial charge < -0.3 is 15.2 Å². The molecule has 0 atom stereocenters. The highest BCUT2D eigenvalue weighted by molar-refractivity contribution is 7.99. The zero-order chi connectivity index (χ0) is 18.9. The fourth-order valence-electron chi connectivity index (χ4n) is 2.28. The number of benzene rings is 1. The highest BCUT2D eigenvalue weighted by Crippen LogP contribution is 2.18. The van der Waals surface area contributed by atoms with Crippen molar-refractivity contribution in [2.45, 2.75) is 51.4 Å². The van der Waals surface area contributed by atoms with Crippen molar-refractivity contribution in [1.82, 2.24) is 20.1 Å². The van der Waals surface area contributed by atoms with Gasteiger partial charge in [-0.3, -0.25) is 9.59 Å². The fourth-order valence-corrected chi connectivity index (χ4v) is 3.16. The average Bonchev–Trinajstić information content (AvgIpc) is 3.07. The Bertz CT molecular complexity index is 745. The van der Waals surface area contributed by atoms with Crippen LogP contribution in [0.15, 0.2) is 35.7 Å². The second-order valence-corrected chi connectivity index (χ2v) is 7.12. The first kappa shape index (κ1) is 20.0. The van der Waals surface area contributed by atoms with Gasteiger partial charge in [-0.15, -0.1) is 10.2 Å². The molecule has 0 aliphatic carbocycles. The number of amides is 2. The van der Waals surface area contributed by atoms with E-state index < -0.39 is 0 Å². The third-order valence-electron chi connectivity index (χ3n) is 3.61. The van der Waals surface area contributed by atoms with E-state index in [2.05, 4.69) is 20.8 Å². The van der Waals surface area contributed by atoms with Crippen LogP contribution in [-0.2, 0) is 16.1 Å². The van der Waals surface area contributed by atoms with Crippen molar-refractivity contribution in [2.24, 2.45) is 0 Å². The number of aromatic nitrogens is 3. The number of anilines is 1. The van der Waals surface area contributed by atoms with Crippen LogP contribution in [0.25, 0.3) is 0 Å². The number of nitrogens with zero attached hydrogens (tertiary/aromatic N) is 3. The second kappa shape index (κ2) is 9.96. The van der Waals surface area contributed by atoms with Gasteiger partial charge in [-0.2, -0.15) is 0 Å². The smallest absolute Gasteiger partial charge is 0.230 e. The first-order valence-corrected chi connectivity index (χ1v) is 9.66. The van der Waals surface area contributed by atoms with Gasteiger partial charge in [0.25, 0.3) is 0 Å². The van der Waals surface area contributed by atoms with Crippen LogP contribution in [0, 0.1) is 0 Å². The molecule has 2 aromatic rings. The van der Waals surface area contributed by atoms with E-state index >= 15 is 0 Å². The van der Waals surface area contributed by atoms with Gasteiger partial charge in [-0.25, -0.2) is 0 Å². The largest absolute Gasteiger partial charge is 0.351 e. The van der Waals surface area contributed by atoms with Gasteiger partial charge in [-0.05, 0) is 38.0 Å². The van der Waals surface area contributed by atoms with Crippen molar-refractivity contribution >= 4 is 29.3 Å². The number of hydrogen-bond acceptors (Lipinski definition) is 5. The van der Waals surface area contributed by atoms with Crippen LogP contribution in [0.1, 0.15) is 45.2 Å². The van der Waals surface area contributed by atoms with Gasteiger partial charge in [0, 0.05) is 24.7 Å². The Labute approximate surface area is 158 Å². The summed E-state index contributed by atoms with van der Waals surface area (Å²) in [4.78, 5) is 23.7. The lowest BCUT2D eigenvalue weighted by Crippen LogP contribution is -2.24. The molecule has 0 spiro atoms. The van der Waals surface area contributed by atoms with Crippen LogP contribution < -0.4 is 10.6 Å². The average molecular weight is 375 g/mol. The van der Waals surface area contributed by atoms with Gasteiger partial charge >= 0.3 is 0 Å². The minimum absolute atomic E-state index is 0.000602. The molecule has 0 aliphatic heterocycles. The molecule has 0 aliphatic rings. The lowest BCUT2D eigenvalue weighted by atomic mass is 10.2. The molecule has 1 heterocycles.